The molecule has 4 aromatic rings. The smallest absolute Gasteiger partial charge is 0.129 e. The van der Waals surface area contributed by atoms with Gasteiger partial charge in [0.05, 0.1) is 20.3 Å². The third-order valence-electron chi connectivity index (χ3n) is 5.32. The molecule has 2 aromatic heterocycles. The van der Waals surface area contributed by atoms with E-state index in [1.807, 2.05) is 46.0 Å². The maximum Gasteiger partial charge on any atom is 0.129 e. The minimum Gasteiger partial charge on any atom is -0.507 e. The molecule has 0 aliphatic heterocycles. The molecule has 0 unspecified atom stereocenters. The third-order valence-corrected chi connectivity index (χ3v) is 6.59. The molecule has 0 bridgehead atoms. The number of halogens is 2. The number of aromatic nitrogens is 6. The molecule has 2 N–H and O–H groups in total. The molecular weight excluding hydrogens is 552 g/mol. The lowest BCUT2D eigenvalue weighted by molar-refractivity contribution is 0.471. The molecule has 0 saturated carbocycles. The van der Waals surface area contributed by atoms with E-state index in [1.54, 1.807) is 12.1 Å². The topological polar surface area (TPSA) is 102 Å². The number of aryl methyl sites for hydroxylation is 6. The summed E-state index contributed by atoms with van der Waals surface area (Å²) in [6.45, 7) is 1.46. The zero-order chi connectivity index (χ0) is 23.2. The number of rotatable bonds is 10. The van der Waals surface area contributed by atoms with Gasteiger partial charge in [0.1, 0.15) is 11.5 Å². The molecule has 0 saturated heterocycles. The second-order valence-corrected chi connectivity index (χ2v) is 9.58. The van der Waals surface area contributed by atoms with Gasteiger partial charge >= 0.3 is 0 Å². The summed E-state index contributed by atoms with van der Waals surface area (Å²) in [5.41, 5.74) is 4.18. The maximum absolute atomic E-state index is 9.60. The van der Waals surface area contributed by atoms with E-state index in [0.717, 1.165) is 67.7 Å². The van der Waals surface area contributed by atoms with Gasteiger partial charge in [0, 0.05) is 25.5 Å². The van der Waals surface area contributed by atoms with Crippen molar-refractivity contribution in [3.63, 3.8) is 0 Å². The van der Waals surface area contributed by atoms with Crippen LogP contribution in [0.25, 0.3) is 0 Å². The monoisotopic (exact) mass is 574 g/mol. The number of hydrogen-bond acceptors (Lipinski definition) is 6. The lowest BCUT2D eigenvalue weighted by Crippen LogP contribution is -2.02. The Morgan fingerprint density at radius 2 is 1.12 bits per heavy atom. The second-order valence-electron chi connectivity index (χ2n) is 7.87. The van der Waals surface area contributed by atoms with E-state index in [1.165, 1.54) is 0 Å². The summed E-state index contributed by atoms with van der Waals surface area (Å²) in [5.74, 6) is 0.486. The van der Waals surface area contributed by atoms with Crippen molar-refractivity contribution in [2.45, 2.75) is 45.2 Å². The van der Waals surface area contributed by atoms with Crippen LogP contribution in [0, 0.1) is 0 Å². The van der Waals surface area contributed by atoms with Crippen molar-refractivity contribution in [2.24, 2.45) is 0 Å². The predicted octanol–water partition coefficient (Wildman–Crippen LogP) is 4.47. The third kappa shape index (κ3) is 6.64. The van der Waals surface area contributed by atoms with Crippen LogP contribution >= 0.6 is 31.9 Å². The van der Waals surface area contributed by atoms with Crippen LogP contribution in [0.4, 0.5) is 0 Å². The predicted molar refractivity (Wildman–Crippen MR) is 131 cm³/mol. The minimum atomic E-state index is 0.243. The summed E-state index contributed by atoms with van der Waals surface area (Å²) in [4.78, 5) is 0. The molecule has 8 nitrogen and oxygen atoms in total. The van der Waals surface area contributed by atoms with Crippen molar-refractivity contribution in [1.29, 1.82) is 0 Å². The normalized spacial score (nSPS) is 11.2. The fraction of sp³-hybridized carbons (Fsp3) is 0.304. The summed E-state index contributed by atoms with van der Waals surface area (Å²) in [5, 5.41) is 36.2. The molecule has 4 rings (SSSR count). The van der Waals surface area contributed by atoms with Gasteiger partial charge in [0.2, 0.25) is 0 Å². The number of nitrogens with zero attached hydrogens (tertiary/aromatic N) is 6. The van der Waals surface area contributed by atoms with Crippen molar-refractivity contribution in [3.8, 4) is 11.5 Å². The van der Waals surface area contributed by atoms with Gasteiger partial charge in [-0.3, -0.25) is 9.36 Å². The molecule has 0 atom stereocenters. The minimum absolute atomic E-state index is 0.243. The van der Waals surface area contributed by atoms with Gasteiger partial charge in [0.15, 0.2) is 0 Å². The molecule has 2 aromatic carbocycles. The fourth-order valence-electron chi connectivity index (χ4n) is 3.47. The summed E-state index contributed by atoms with van der Waals surface area (Å²) in [6, 6.07) is 11.0. The Morgan fingerprint density at radius 1 is 0.667 bits per heavy atom. The summed E-state index contributed by atoms with van der Waals surface area (Å²) in [7, 11) is 0. The fourth-order valence-corrected chi connectivity index (χ4v) is 4.33. The van der Waals surface area contributed by atoms with Gasteiger partial charge in [-0.15, -0.1) is 10.2 Å². The molecule has 0 fully saturated rings. The lowest BCUT2D eigenvalue weighted by atomic mass is 10.1. The van der Waals surface area contributed by atoms with Crippen molar-refractivity contribution in [1.82, 2.24) is 30.0 Å². The Kier molecular flexibility index (Phi) is 7.77. The van der Waals surface area contributed by atoms with E-state index >= 15 is 0 Å². The van der Waals surface area contributed by atoms with Crippen molar-refractivity contribution < 1.29 is 10.2 Å². The first-order chi connectivity index (χ1) is 16.0. The highest BCUT2D eigenvalue weighted by atomic mass is 79.9. The Morgan fingerprint density at radius 3 is 1.55 bits per heavy atom. The second kappa shape index (κ2) is 10.9. The molecule has 172 valence electrons. The number of hydrogen-bond donors (Lipinski definition) is 2. The molecule has 0 aliphatic rings. The molecular formula is C23H24Br2N6O2. The zero-order valence-corrected chi connectivity index (χ0v) is 21.1. The average Bonchev–Trinajstić information content (AvgIpc) is 3.45. The standard InChI is InChI=1S/C23H24Br2N6O2/c24-20-12-16(4-6-22(20)32)8-10-30-14-18(26-28-30)2-1-3-19-15-31(29-27-19)11-9-17-5-7-23(33)21(25)13-17/h4-7,12-15,32-33H,1-3,8-11H2. The highest BCUT2D eigenvalue weighted by molar-refractivity contribution is 9.10. The van der Waals surface area contributed by atoms with Gasteiger partial charge in [-0.05, 0) is 99.4 Å². The highest BCUT2D eigenvalue weighted by Crippen LogP contribution is 2.25. The van der Waals surface area contributed by atoms with Gasteiger partial charge in [-0.2, -0.15) is 0 Å². The molecule has 0 spiro atoms. The quantitative estimate of drug-likeness (QED) is 0.289. The Balaban J connectivity index is 1.20. The largest absolute Gasteiger partial charge is 0.507 e. The number of phenolic OH excluding ortho intramolecular Hbond substituents is 2. The molecule has 2 heterocycles. The van der Waals surface area contributed by atoms with Gasteiger partial charge in [-0.1, -0.05) is 22.6 Å². The van der Waals surface area contributed by atoms with Gasteiger partial charge < -0.3 is 10.2 Å². The van der Waals surface area contributed by atoms with Gasteiger partial charge in [-0.25, -0.2) is 0 Å². The first kappa shape index (κ1) is 23.4. The van der Waals surface area contributed by atoms with Crippen LogP contribution in [0.15, 0.2) is 57.7 Å². The average molecular weight is 576 g/mol. The van der Waals surface area contributed by atoms with Crippen LogP contribution in [-0.2, 0) is 38.8 Å². The van der Waals surface area contributed by atoms with E-state index in [4.69, 9.17) is 0 Å². The van der Waals surface area contributed by atoms with Crippen LogP contribution < -0.4 is 0 Å². The zero-order valence-electron chi connectivity index (χ0n) is 17.9. The number of aromatic hydroxyl groups is 2. The first-order valence-corrected chi connectivity index (χ1v) is 12.3. The van der Waals surface area contributed by atoms with Crippen molar-refractivity contribution in [2.75, 3.05) is 0 Å². The van der Waals surface area contributed by atoms with E-state index < -0.39 is 0 Å². The highest BCUT2D eigenvalue weighted by Gasteiger charge is 2.06. The van der Waals surface area contributed by atoms with Crippen molar-refractivity contribution in [3.05, 3.63) is 80.3 Å². The van der Waals surface area contributed by atoms with Crippen LogP contribution in [0.5, 0.6) is 11.5 Å². The number of benzene rings is 2. The molecule has 10 heteroatoms. The molecule has 0 amide bonds. The lowest BCUT2D eigenvalue weighted by Gasteiger charge is -2.03. The molecule has 0 aliphatic carbocycles. The van der Waals surface area contributed by atoms with E-state index in [9.17, 15) is 10.2 Å². The Bertz CT molecular complexity index is 1130. The Labute approximate surface area is 208 Å². The van der Waals surface area contributed by atoms with Crippen LogP contribution in [0.3, 0.4) is 0 Å². The van der Waals surface area contributed by atoms with Crippen LogP contribution in [0.2, 0.25) is 0 Å². The van der Waals surface area contributed by atoms with E-state index in [0.29, 0.717) is 8.95 Å². The SMILES string of the molecule is Oc1ccc(CCn2cc(CCCc3cn(CCc4ccc(O)c(Br)c4)nn3)nn2)cc1Br. The summed E-state index contributed by atoms with van der Waals surface area (Å²) in [6.07, 6.45) is 8.19. The molecule has 0 radical (unpaired) electrons. The van der Waals surface area contributed by atoms with Crippen LogP contribution in [-0.4, -0.2) is 40.2 Å². The van der Waals surface area contributed by atoms with Gasteiger partial charge in [0.25, 0.3) is 0 Å². The van der Waals surface area contributed by atoms with E-state index in [-0.39, 0.29) is 11.5 Å². The Hall–Kier alpha value is -2.72. The van der Waals surface area contributed by atoms with Crippen LogP contribution in [0.1, 0.15) is 28.9 Å². The maximum atomic E-state index is 9.60. The molecule has 33 heavy (non-hydrogen) atoms. The summed E-state index contributed by atoms with van der Waals surface area (Å²) >= 11 is 6.69. The first-order valence-electron chi connectivity index (χ1n) is 10.7. The summed E-state index contributed by atoms with van der Waals surface area (Å²) < 4.78 is 5.11. The van der Waals surface area contributed by atoms with Crippen molar-refractivity contribution >= 4 is 31.9 Å². The number of phenols is 2. The van der Waals surface area contributed by atoms with E-state index in [2.05, 4.69) is 52.5 Å².